The van der Waals surface area contributed by atoms with Crippen LogP contribution in [0.1, 0.15) is 72.0 Å². The molecule has 31 heavy (non-hydrogen) atoms. The summed E-state index contributed by atoms with van der Waals surface area (Å²) < 4.78 is 5.47. The lowest BCUT2D eigenvalue weighted by atomic mass is 9.94. The van der Waals surface area contributed by atoms with Crippen LogP contribution in [0, 0.1) is 13.8 Å². The van der Waals surface area contributed by atoms with Crippen LogP contribution in [0.3, 0.4) is 0 Å². The van der Waals surface area contributed by atoms with Gasteiger partial charge in [-0.2, -0.15) is 0 Å². The first-order valence-corrected chi connectivity index (χ1v) is 11.4. The first-order chi connectivity index (χ1) is 15.0. The third-order valence-corrected chi connectivity index (χ3v) is 5.81. The van der Waals surface area contributed by atoms with Crippen molar-refractivity contribution in [1.82, 2.24) is 4.90 Å². The Balaban J connectivity index is 1.77. The molecule has 0 bridgehead atoms. The summed E-state index contributed by atoms with van der Waals surface area (Å²) in [7, 11) is 0. The first-order valence-electron chi connectivity index (χ1n) is 11.4. The molecule has 2 aliphatic heterocycles. The van der Waals surface area contributed by atoms with E-state index in [1.54, 1.807) is 0 Å². The predicted octanol–water partition coefficient (Wildman–Crippen LogP) is 4.52. The van der Waals surface area contributed by atoms with Crippen molar-refractivity contribution >= 4 is 17.6 Å². The molecule has 0 radical (unpaired) electrons. The van der Waals surface area contributed by atoms with Crippen LogP contribution >= 0.6 is 0 Å². The Hall–Kier alpha value is -2.63. The molecule has 6 nitrogen and oxygen atoms in total. The summed E-state index contributed by atoms with van der Waals surface area (Å²) >= 11 is 0. The van der Waals surface area contributed by atoms with Crippen LogP contribution in [0.25, 0.3) is 0 Å². The number of aryl methyl sites for hydroxylation is 2. The number of benzene rings is 1. The van der Waals surface area contributed by atoms with Crippen molar-refractivity contribution in [2.75, 3.05) is 26.3 Å². The highest BCUT2D eigenvalue weighted by Crippen LogP contribution is 2.21. The summed E-state index contributed by atoms with van der Waals surface area (Å²) in [5, 5.41) is 4.35. The molecule has 1 aromatic carbocycles. The molecule has 1 amide bonds. The molecular formula is C25H34N2O4. The minimum Gasteiger partial charge on any atom is -0.458 e. The number of rotatable bonds is 3. The van der Waals surface area contributed by atoms with Gasteiger partial charge in [0.2, 0.25) is 0 Å². The SMILES string of the molecule is Cc1cc(C)c2c(c1)C/C(=N/OCC(=O)N1CCCCC1)CCCC/C=C/COC2=O. The Kier molecular flexibility index (Phi) is 8.68. The number of carbonyl (C=O) groups excluding carboxylic acids is 2. The average Bonchev–Trinajstić information content (AvgIpc) is 2.76. The summed E-state index contributed by atoms with van der Waals surface area (Å²) in [6, 6.07) is 4.02. The summed E-state index contributed by atoms with van der Waals surface area (Å²) in [4.78, 5) is 32.5. The maximum Gasteiger partial charge on any atom is 0.339 e. The minimum atomic E-state index is -0.308. The Bertz CT molecular complexity index is 838. The monoisotopic (exact) mass is 426 g/mol. The van der Waals surface area contributed by atoms with Gasteiger partial charge in [0.05, 0.1) is 11.3 Å². The molecule has 1 fully saturated rings. The maximum absolute atomic E-state index is 12.7. The number of piperidine rings is 1. The molecule has 0 aromatic heterocycles. The molecule has 2 heterocycles. The highest BCUT2D eigenvalue weighted by atomic mass is 16.6. The number of amides is 1. The lowest BCUT2D eigenvalue weighted by molar-refractivity contribution is -0.137. The van der Waals surface area contributed by atoms with Gasteiger partial charge >= 0.3 is 5.97 Å². The van der Waals surface area contributed by atoms with Crippen LogP contribution in [0.4, 0.5) is 0 Å². The number of nitrogens with zero attached hydrogens (tertiary/aromatic N) is 2. The van der Waals surface area contributed by atoms with E-state index in [-0.39, 0.29) is 25.1 Å². The quantitative estimate of drug-likeness (QED) is 0.405. The Morgan fingerprint density at radius 3 is 2.71 bits per heavy atom. The second-order valence-corrected chi connectivity index (χ2v) is 8.48. The lowest BCUT2D eigenvalue weighted by Gasteiger charge is -2.26. The van der Waals surface area contributed by atoms with Gasteiger partial charge in [0, 0.05) is 19.5 Å². The van der Waals surface area contributed by atoms with Crippen molar-refractivity contribution < 1.29 is 19.2 Å². The van der Waals surface area contributed by atoms with E-state index in [4.69, 9.17) is 9.57 Å². The smallest absolute Gasteiger partial charge is 0.339 e. The lowest BCUT2D eigenvalue weighted by Crippen LogP contribution is -2.37. The molecule has 168 valence electrons. The third kappa shape index (κ3) is 6.94. The minimum absolute atomic E-state index is 0.00510. The van der Waals surface area contributed by atoms with Crippen molar-refractivity contribution in [3.8, 4) is 0 Å². The van der Waals surface area contributed by atoms with E-state index in [2.05, 4.69) is 11.2 Å². The molecule has 0 saturated carbocycles. The van der Waals surface area contributed by atoms with Gasteiger partial charge in [-0.15, -0.1) is 0 Å². The van der Waals surface area contributed by atoms with E-state index in [9.17, 15) is 9.59 Å². The summed E-state index contributed by atoms with van der Waals surface area (Å²) in [5.74, 6) is -0.313. The molecule has 1 saturated heterocycles. The number of allylic oxidation sites excluding steroid dienone is 1. The number of hydrogen-bond donors (Lipinski definition) is 0. The van der Waals surface area contributed by atoms with Crippen molar-refractivity contribution in [3.05, 3.63) is 46.5 Å². The number of hydrogen-bond acceptors (Lipinski definition) is 5. The van der Waals surface area contributed by atoms with E-state index < -0.39 is 0 Å². The van der Waals surface area contributed by atoms with Gasteiger partial charge in [0.25, 0.3) is 5.91 Å². The van der Waals surface area contributed by atoms with Gasteiger partial charge in [0.1, 0.15) is 6.61 Å². The number of fused-ring (bicyclic) bond motifs is 1. The van der Waals surface area contributed by atoms with Crippen LogP contribution in [0.5, 0.6) is 0 Å². The highest BCUT2D eigenvalue weighted by molar-refractivity contribution is 5.96. The number of carbonyl (C=O) groups is 2. The third-order valence-electron chi connectivity index (χ3n) is 5.81. The Labute approximate surface area is 185 Å². The van der Waals surface area contributed by atoms with E-state index in [0.717, 1.165) is 74.0 Å². The molecule has 1 aromatic rings. The fourth-order valence-electron chi connectivity index (χ4n) is 4.26. The van der Waals surface area contributed by atoms with Gasteiger partial charge in [0.15, 0.2) is 6.61 Å². The topological polar surface area (TPSA) is 68.2 Å². The Morgan fingerprint density at radius 1 is 1.10 bits per heavy atom. The summed E-state index contributed by atoms with van der Waals surface area (Å²) in [6.45, 7) is 5.82. The normalized spacial score (nSPS) is 20.6. The summed E-state index contributed by atoms with van der Waals surface area (Å²) in [6.07, 6.45) is 11.5. The number of oxime groups is 1. The second-order valence-electron chi connectivity index (χ2n) is 8.48. The molecule has 6 heteroatoms. The van der Waals surface area contributed by atoms with Gasteiger partial charge in [-0.1, -0.05) is 35.0 Å². The molecule has 0 atom stereocenters. The molecule has 0 spiro atoms. The van der Waals surface area contributed by atoms with E-state index in [0.29, 0.717) is 12.0 Å². The highest BCUT2D eigenvalue weighted by Gasteiger charge is 2.19. The fraction of sp³-hybridized carbons (Fsp3) is 0.560. The summed E-state index contributed by atoms with van der Waals surface area (Å²) in [5.41, 5.74) is 4.35. The van der Waals surface area contributed by atoms with Crippen LogP contribution in [0.15, 0.2) is 29.4 Å². The zero-order chi connectivity index (χ0) is 22.1. The van der Waals surface area contributed by atoms with E-state index in [1.165, 1.54) is 6.42 Å². The zero-order valence-electron chi connectivity index (χ0n) is 18.8. The van der Waals surface area contributed by atoms with Crippen molar-refractivity contribution in [2.24, 2.45) is 5.16 Å². The fourth-order valence-corrected chi connectivity index (χ4v) is 4.26. The second kappa shape index (κ2) is 11.7. The molecule has 0 unspecified atom stereocenters. The molecule has 0 N–H and O–H groups in total. The average molecular weight is 427 g/mol. The first kappa shape index (κ1) is 23.0. The standard InChI is InChI=1S/C25H34N2O4/c1-19-15-20(2)24-21(16-19)17-22(11-7-4-3-5-10-14-30-25(24)29)26-31-18-23(28)27-12-8-6-9-13-27/h5,10,15-16H,3-4,6-9,11-14,17-18H2,1-2H3/b10-5+,26-22+. The molecule has 0 aliphatic carbocycles. The van der Waals surface area contributed by atoms with Crippen molar-refractivity contribution in [3.63, 3.8) is 0 Å². The molecule has 2 aliphatic rings. The molecule has 3 rings (SSSR count). The van der Waals surface area contributed by atoms with Gasteiger partial charge < -0.3 is 14.5 Å². The van der Waals surface area contributed by atoms with E-state index in [1.807, 2.05) is 37.0 Å². The van der Waals surface area contributed by atoms with Crippen LogP contribution in [-0.2, 0) is 20.8 Å². The maximum atomic E-state index is 12.7. The van der Waals surface area contributed by atoms with Crippen LogP contribution < -0.4 is 0 Å². The number of ether oxygens (including phenoxy) is 1. The zero-order valence-corrected chi connectivity index (χ0v) is 18.8. The van der Waals surface area contributed by atoms with E-state index >= 15 is 0 Å². The number of cyclic esters (lactones) is 1. The Morgan fingerprint density at radius 2 is 1.90 bits per heavy atom. The largest absolute Gasteiger partial charge is 0.458 e. The predicted molar refractivity (Wildman–Crippen MR) is 121 cm³/mol. The van der Waals surface area contributed by atoms with Crippen LogP contribution in [-0.4, -0.2) is 48.8 Å². The molecular weight excluding hydrogens is 392 g/mol. The number of esters is 1. The van der Waals surface area contributed by atoms with Crippen molar-refractivity contribution in [1.29, 1.82) is 0 Å². The van der Waals surface area contributed by atoms with Gasteiger partial charge in [-0.25, -0.2) is 4.79 Å². The van der Waals surface area contributed by atoms with Crippen molar-refractivity contribution in [2.45, 2.75) is 65.2 Å². The van der Waals surface area contributed by atoms with Crippen LogP contribution in [0.2, 0.25) is 0 Å². The van der Waals surface area contributed by atoms with Gasteiger partial charge in [-0.3, -0.25) is 4.79 Å². The van der Waals surface area contributed by atoms with Gasteiger partial charge in [-0.05, 0) is 69.9 Å². The number of likely N-dealkylation sites (tertiary alicyclic amines) is 1.